The molecular formula is C23H29N3O3. The molecule has 0 saturated heterocycles. The van der Waals surface area contributed by atoms with Gasteiger partial charge in [-0.1, -0.05) is 43.7 Å². The van der Waals surface area contributed by atoms with Crippen LogP contribution in [0, 0.1) is 12.8 Å². The first-order valence-corrected chi connectivity index (χ1v) is 9.65. The summed E-state index contributed by atoms with van der Waals surface area (Å²) in [4.78, 5) is 38.6. The molecule has 0 aliphatic carbocycles. The van der Waals surface area contributed by atoms with Crippen molar-refractivity contribution in [1.29, 1.82) is 0 Å². The highest BCUT2D eigenvalue weighted by Gasteiger charge is 2.24. The summed E-state index contributed by atoms with van der Waals surface area (Å²) in [6.07, 6.45) is 0. The first-order chi connectivity index (χ1) is 13.7. The highest BCUT2D eigenvalue weighted by atomic mass is 16.2. The summed E-state index contributed by atoms with van der Waals surface area (Å²) in [5, 5.41) is 5.70. The molecule has 0 heterocycles. The Balaban J connectivity index is 1.99. The maximum Gasteiger partial charge on any atom is 0.253 e. The summed E-state index contributed by atoms with van der Waals surface area (Å²) in [5.41, 5.74) is 2.99. The van der Waals surface area contributed by atoms with E-state index in [1.54, 1.807) is 38.4 Å². The second-order valence-electron chi connectivity index (χ2n) is 7.68. The highest BCUT2D eigenvalue weighted by Crippen LogP contribution is 2.09. The molecule has 0 aromatic heterocycles. The van der Waals surface area contributed by atoms with E-state index in [9.17, 15) is 14.4 Å². The lowest BCUT2D eigenvalue weighted by Crippen LogP contribution is -2.49. The molecule has 1 unspecified atom stereocenters. The van der Waals surface area contributed by atoms with Crippen LogP contribution >= 0.6 is 0 Å². The van der Waals surface area contributed by atoms with Gasteiger partial charge in [0.2, 0.25) is 5.91 Å². The Kier molecular flexibility index (Phi) is 7.53. The second kappa shape index (κ2) is 9.87. The number of benzene rings is 2. The van der Waals surface area contributed by atoms with Crippen LogP contribution in [0.4, 0.5) is 0 Å². The normalized spacial score (nSPS) is 11.7. The fraction of sp³-hybridized carbons (Fsp3) is 0.348. The van der Waals surface area contributed by atoms with Crippen LogP contribution in [0.2, 0.25) is 0 Å². The van der Waals surface area contributed by atoms with E-state index in [4.69, 9.17) is 0 Å². The molecule has 2 aromatic carbocycles. The summed E-state index contributed by atoms with van der Waals surface area (Å²) in [6.45, 7) is 6.02. The molecule has 2 N–H and O–H groups in total. The lowest BCUT2D eigenvalue weighted by molar-refractivity contribution is -0.124. The zero-order chi connectivity index (χ0) is 21.6. The number of amides is 3. The van der Waals surface area contributed by atoms with E-state index in [1.165, 1.54) is 4.90 Å². The summed E-state index contributed by atoms with van der Waals surface area (Å²) >= 11 is 0. The Labute approximate surface area is 172 Å². The summed E-state index contributed by atoms with van der Waals surface area (Å²) < 4.78 is 0. The van der Waals surface area contributed by atoms with Crippen LogP contribution in [-0.4, -0.2) is 42.8 Å². The van der Waals surface area contributed by atoms with Gasteiger partial charge in [-0.3, -0.25) is 14.4 Å². The number of carbonyl (C=O) groups is 3. The van der Waals surface area contributed by atoms with Crippen molar-refractivity contribution >= 4 is 17.7 Å². The van der Waals surface area contributed by atoms with Crippen LogP contribution in [0.5, 0.6) is 0 Å². The predicted molar refractivity (Wildman–Crippen MR) is 114 cm³/mol. The van der Waals surface area contributed by atoms with Gasteiger partial charge in [-0.2, -0.15) is 0 Å². The van der Waals surface area contributed by atoms with Gasteiger partial charge in [-0.05, 0) is 42.7 Å². The largest absolute Gasteiger partial charge is 0.350 e. The van der Waals surface area contributed by atoms with Gasteiger partial charge >= 0.3 is 0 Å². The number of rotatable bonds is 7. The minimum absolute atomic E-state index is 0.0659. The van der Waals surface area contributed by atoms with E-state index in [1.807, 2.05) is 45.0 Å². The van der Waals surface area contributed by atoms with Crippen LogP contribution in [0.25, 0.3) is 0 Å². The molecule has 1 atom stereocenters. The van der Waals surface area contributed by atoms with Crippen LogP contribution in [-0.2, 0) is 11.3 Å². The average molecular weight is 396 g/mol. The van der Waals surface area contributed by atoms with E-state index < -0.39 is 6.04 Å². The molecule has 6 heteroatoms. The molecule has 29 heavy (non-hydrogen) atoms. The molecule has 0 spiro atoms. The molecule has 2 rings (SSSR count). The quantitative estimate of drug-likeness (QED) is 0.757. The standard InChI is InChI=1S/C23H29N3O3/c1-15(2)20(25-21(27)19-8-6-7-16(3)13-19)22(28)24-14-17-9-11-18(12-10-17)23(29)26(4)5/h6-13,15,20H,14H2,1-5H3,(H,24,28)(H,25,27). The van der Waals surface area contributed by atoms with Gasteiger partial charge in [0.05, 0.1) is 0 Å². The smallest absolute Gasteiger partial charge is 0.253 e. The summed E-state index contributed by atoms with van der Waals surface area (Å²) in [7, 11) is 3.40. The van der Waals surface area contributed by atoms with Gasteiger partial charge in [-0.25, -0.2) is 0 Å². The molecular weight excluding hydrogens is 366 g/mol. The third-order valence-corrected chi connectivity index (χ3v) is 4.59. The number of nitrogens with zero attached hydrogens (tertiary/aromatic N) is 1. The zero-order valence-electron chi connectivity index (χ0n) is 17.7. The molecule has 0 bridgehead atoms. The van der Waals surface area contributed by atoms with Gasteiger partial charge in [0.15, 0.2) is 0 Å². The number of hydrogen-bond acceptors (Lipinski definition) is 3. The number of carbonyl (C=O) groups excluding carboxylic acids is 3. The van der Waals surface area contributed by atoms with Crippen LogP contribution in [0.1, 0.15) is 45.7 Å². The molecule has 0 aliphatic rings. The number of aryl methyl sites for hydroxylation is 1. The van der Waals surface area contributed by atoms with Crippen molar-refractivity contribution in [2.45, 2.75) is 33.4 Å². The first kappa shape index (κ1) is 22.1. The fourth-order valence-corrected chi connectivity index (χ4v) is 2.87. The molecule has 154 valence electrons. The van der Waals surface area contributed by atoms with Crippen LogP contribution in [0.15, 0.2) is 48.5 Å². The Morgan fingerprint density at radius 3 is 2.17 bits per heavy atom. The van der Waals surface area contributed by atoms with Gasteiger partial charge in [-0.15, -0.1) is 0 Å². The minimum Gasteiger partial charge on any atom is -0.350 e. The number of nitrogens with one attached hydrogen (secondary N) is 2. The average Bonchev–Trinajstić information content (AvgIpc) is 2.69. The van der Waals surface area contributed by atoms with Crippen molar-refractivity contribution < 1.29 is 14.4 Å². The third-order valence-electron chi connectivity index (χ3n) is 4.59. The van der Waals surface area contributed by atoms with Crippen molar-refractivity contribution in [3.05, 3.63) is 70.8 Å². The first-order valence-electron chi connectivity index (χ1n) is 9.65. The summed E-state index contributed by atoms with van der Waals surface area (Å²) in [5.74, 6) is -0.647. The fourth-order valence-electron chi connectivity index (χ4n) is 2.87. The van der Waals surface area contributed by atoms with E-state index in [-0.39, 0.29) is 23.6 Å². The second-order valence-corrected chi connectivity index (χ2v) is 7.68. The van der Waals surface area contributed by atoms with Crippen molar-refractivity contribution in [1.82, 2.24) is 15.5 Å². The molecule has 0 radical (unpaired) electrons. The minimum atomic E-state index is -0.641. The maximum absolute atomic E-state index is 12.7. The predicted octanol–water partition coefficient (Wildman–Crippen LogP) is 2.77. The highest BCUT2D eigenvalue weighted by molar-refractivity contribution is 5.97. The van der Waals surface area contributed by atoms with Crippen LogP contribution < -0.4 is 10.6 Å². The number of hydrogen-bond donors (Lipinski definition) is 2. The van der Waals surface area contributed by atoms with Crippen molar-refractivity contribution in [3.8, 4) is 0 Å². The summed E-state index contributed by atoms with van der Waals surface area (Å²) in [6, 6.07) is 13.7. The van der Waals surface area contributed by atoms with E-state index in [0.717, 1.165) is 11.1 Å². The molecule has 0 aliphatic heterocycles. The van der Waals surface area contributed by atoms with E-state index >= 15 is 0 Å². The lowest BCUT2D eigenvalue weighted by Gasteiger charge is -2.22. The van der Waals surface area contributed by atoms with Crippen molar-refractivity contribution in [2.75, 3.05) is 14.1 Å². The topological polar surface area (TPSA) is 78.5 Å². The maximum atomic E-state index is 12.7. The molecule has 0 fully saturated rings. The zero-order valence-corrected chi connectivity index (χ0v) is 17.7. The molecule has 6 nitrogen and oxygen atoms in total. The SMILES string of the molecule is Cc1cccc(C(=O)NC(C(=O)NCc2ccc(C(=O)N(C)C)cc2)C(C)C)c1. The van der Waals surface area contributed by atoms with Gasteiger partial charge in [0.25, 0.3) is 11.8 Å². The van der Waals surface area contributed by atoms with Gasteiger partial charge in [0.1, 0.15) is 6.04 Å². The van der Waals surface area contributed by atoms with E-state index in [0.29, 0.717) is 17.7 Å². The van der Waals surface area contributed by atoms with Crippen molar-refractivity contribution in [2.24, 2.45) is 5.92 Å². The van der Waals surface area contributed by atoms with Gasteiger partial charge < -0.3 is 15.5 Å². The van der Waals surface area contributed by atoms with Crippen LogP contribution in [0.3, 0.4) is 0 Å². The monoisotopic (exact) mass is 395 g/mol. The lowest BCUT2D eigenvalue weighted by atomic mass is 10.0. The molecule has 2 aromatic rings. The third kappa shape index (κ3) is 6.17. The molecule has 3 amide bonds. The Morgan fingerprint density at radius 1 is 0.966 bits per heavy atom. The molecule has 0 saturated carbocycles. The Morgan fingerprint density at radius 2 is 1.62 bits per heavy atom. The van der Waals surface area contributed by atoms with Gasteiger partial charge in [0, 0.05) is 31.8 Å². The van der Waals surface area contributed by atoms with E-state index in [2.05, 4.69) is 10.6 Å². The Bertz CT molecular complexity index is 873. The van der Waals surface area contributed by atoms with Crippen molar-refractivity contribution in [3.63, 3.8) is 0 Å². The Hall–Kier alpha value is -3.15.